The van der Waals surface area contributed by atoms with Gasteiger partial charge < -0.3 is 0 Å². The predicted octanol–water partition coefficient (Wildman–Crippen LogP) is 3.86. The summed E-state index contributed by atoms with van der Waals surface area (Å²) in [5, 5.41) is 11.5. The smallest absolute Gasteiger partial charge is 0.0716 e. The second-order valence-electron chi connectivity index (χ2n) is 3.66. The molecule has 0 heterocycles. The lowest BCUT2D eigenvalue weighted by atomic mass is 9.93. The summed E-state index contributed by atoms with van der Waals surface area (Å²) in [5.41, 5.74) is 1.15. The van der Waals surface area contributed by atoms with Gasteiger partial charge in [0.25, 0.3) is 0 Å². The number of nitriles is 1. The van der Waals surface area contributed by atoms with Gasteiger partial charge in [0, 0.05) is 0 Å². The summed E-state index contributed by atoms with van der Waals surface area (Å²) in [4.78, 5) is 0. The molecule has 0 aliphatic carbocycles. The molecule has 2 aromatic rings. The number of rotatable bonds is 2. The summed E-state index contributed by atoms with van der Waals surface area (Å²) in [7, 11) is 0. The van der Waals surface area contributed by atoms with Crippen molar-refractivity contribution < 1.29 is 0 Å². The van der Waals surface area contributed by atoms with Crippen LogP contribution in [0.2, 0.25) is 0 Å². The molecular weight excluding hydrogens is 182 g/mol. The largest absolute Gasteiger partial charge is 0.198 e. The van der Waals surface area contributed by atoms with Crippen LogP contribution in [0.3, 0.4) is 0 Å². The average molecular weight is 195 g/mol. The lowest BCUT2D eigenvalue weighted by Gasteiger charge is -2.09. The molecule has 0 saturated carbocycles. The summed E-state index contributed by atoms with van der Waals surface area (Å²) >= 11 is 0. The molecule has 15 heavy (non-hydrogen) atoms. The van der Waals surface area contributed by atoms with Crippen LogP contribution in [0.4, 0.5) is 0 Å². The van der Waals surface area contributed by atoms with Crippen molar-refractivity contribution in [2.75, 3.05) is 0 Å². The molecule has 2 rings (SSSR count). The molecule has 2 aromatic carbocycles. The van der Waals surface area contributed by atoms with Crippen LogP contribution in [0.1, 0.15) is 24.8 Å². The summed E-state index contributed by atoms with van der Waals surface area (Å²) in [6.45, 7) is 2.05. The van der Waals surface area contributed by atoms with Crippen molar-refractivity contribution in [3.05, 3.63) is 48.0 Å². The van der Waals surface area contributed by atoms with Crippen LogP contribution in [0.15, 0.2) is 42.5 Å². The van der Waals surface area contributed by atoms with Crippen molar-refractivity contribution in [3.63, 3.8) is 0 Å². The lowest BCUT2D eigenvalue weighted by Crippen LogP contribution is -1.94. The van der Waals surface area contributed by atoms with Crippen molar-refractivity contribution in [3.8, 4) is 6.07 Å². The quantitative estimate of drug-likeness (QED) is 0.713. The summed E-state index contributed by atoms with van der Waals surface area (Å²) in [5.74, 6) is 0.0103. The molecule has 0 N–H and O–H groups in total. The molecule has 0 aliphatic rings. The van der Waals surface area contributed by atoms with E-state index in [4.69, 9.17) is 5.26 Å². The first kappa shape index (κ1) is 9.73. The van der Waals surface area contributed by atoms with Gasteiger partial charge >= 0.3 is 0 Å². The van der Waals surface area contributed by atoms with Crippen molar-refractivity contribution in [2.45, 2.75) is 19.3 Å². The SMILES string of the molecule is CC[C@@H](C#N)c1cccc2ccccc12. The van der Waals surface area contributed by atoms with Crippen LogP contribution in [-0.4, -0.2) is 0 Å². The highest BCUT2D eigenvalue weighted by atomic mass is 14.3. The van der Waals surface area contributed by atoms with Gasteiger partial charge in [-0.25, -0.2) is 0 Å². The van der Waals surface area contributed by atoms with E-state index in [1.165, 1.54) is 10.8 Å². The third-order valence-electron chi connectivity index (χ3n) is 2.76. The van der Waals surface area contributed by atoms with E-state index in [-0.39, 0.29) is 5.92 Å². The van der Waals surface area contributed by atoms with Crippen LogP contribution in [0, 0.1) is 11.3 Å². The van der Waals surface area contributed by atoms with Crippen LogP contribution < -0.4 is 0 Å². The molecule has 0 fully saturated rings. The van der Waals surface area contributed by atoms with Crippen molar-refractivity contribution in [1.82, 2.24) is 0 Å². The van der Waals surface area contributed by atoms with Crippen LogP contribution in [0.5, 0.6) is 0 Å². The van der Waals surface area contributed by atoms with Gasteiger partial charge in [-0.3, -0.25) is 0 Å². The second kappa shape index (κ2) is 4.14. The van der Waals surface area contributed by atoms with Crippen LogP contribution in [0.25, 0.3) is 10.8 Å². The van der Waals surface area contributed by atoms with E-state index in [0.717, 1.165) is 12.0 Å². The second-order valence-corrected chi connectivity index (χ2v) is 3.66. The van der Waals surface area contributed by atoms with E-state index < -0.39 is 0 Å². The minimum absolute atomic E-state index is 0.0103. The highest BCUT2D eigenvalue weighted by molar-refractivity contribution is 5.86. The lowest BCUT2D eigenvalue weighted by molar-refractivity contribution is 0.825. The molecule has 0 radical (unpaired) electrons. The summed E-state index contributed by atoms with van der Waals surface area (Å²) < 4.78 is 0. The molecule has 0 saturated heterocycles. The standard InChI is InChI=1S/C14H13N/c1-2-11(10-15)13-9-5-7-12-6-3-4-8-14(12)13/h3-9,11H,2H2,1H3/t11-/m0/s1. The molecule has 0 amide bonds. The molecule has 1 heteroatoms. The Balaban J connectivity index is 2.66. The number of hydrogen-bond acceptors (Lipinski definition) is 1. The Morgan fingerprint density at radius 3 is 2.60 bits per heavy atom. The minimum atomic E-state index is 0.0103. The van der Waals surface area contributed by atoms with Crippen molar-refractivity contribution in [1.29, 1.82) is 5.26 Å². The highest BCUT2D eigenvalue weighted by Crippen LogP contribution is 2.26. The number of fused-ring (bicyclic) bond motifs is 1. The molecule has 0 unspecified atom stereocenters. The fourth-order valence-corrected chi connectivity index (χ4v) is 1.94. The first-order chi connectivity index (χ1) is 7.36. The van der Waals surface area contributed by atoms with Gasteiger partial charge in [0.05, 0.1) is 12.0 Å². The number of benzene rings is 2. The molecule has 1 atom stereocenters. The molecule has 0 aliphatic heterocycles. The third kappa shape index (κ3) is 1.71. The topological polar surface area (TPSA) is 23.8 Å². The van der Waals surface area contributed by atoms with Gasteiger partial charge in [-0.15, -0.1) is 0 Å². The molecule has 74 valence electrons. The molecular formula is C14H13N. The Kier molecular flexibility index (Phi) is 2.69. The van der Waals surface area contributed by atoms with Gasteiger partial charge in [-0.05, 0) is 22.8 Å². The Hall–Kier alpha value is -1.81. The zero-order valence-electron chi connectivity index (χ0n) is 8.77. The van der Waals surface area contributed by atoms with Crippen LogP contribution >= 0.6 is 0 Å². The zero-order chi connectivity index (χ0) is 10.7. The van der Waals surface area contributed by atoms with Gasteiger partial charge in [-0.1, -0.05) is 49.4 Å². The Morgan fingerprint density at radius 1 is 1.13 bits per heavy atom. The van der Waals surface area contributed by atoms with Gasteiger partial charge in [0.2, 0.25) is 0 Å². The maximum atomic E-state index is 9.09. The van der Waals surface area contributed by atoms with Crippen molar-refractivity contribution in [2.24, 2.45) is 0 Å². The number of nitrogens with zero attached hydrogens (tertiary/aromatic N) is 1. The predicted molar refractivity (Wildman–Crippen MR) is 62.6 cm³/mol. The molecule has 0 aromatic heterocycles. The fraction of sp³-hybridized carbons (Fsp3) is 0.214. The van der Waals surface area contributed by atoms with Crippen LogP contribution in [-0.2, 0) is 0 Å². The fourth-order valence-electron chi connectivity index (χ4n) is 1.94. The maximum Gasteiger partial charge on any atom is 0.0716 e. The normalized spacial score (nSPS) is 12.3. The van der Waals surface area contributed by atoms with E-state index in [2.05, 4.69) is 37.3 Å². The van der Waals surface area contributed by atoms with E-state index in [1.807, 2.05) is 18.2 Å². The van der Waals surface area contributed by atoms with Gasteiger partial charge in [0.15, 0.2) is 0 Å². The molecule has 0 bridgehead atoms. The Morgan fingerprint density at radius 2 is 1.87 bits per heavy atom. The van der Waals surface area contributed by atoms with E-state index >= 15 is 0 Å². The van der Waals surface area contributed by atoms with E-state index in [9.17, 15) is 0 Å². The highest BCUT2D eigenvalue weighted by Gasteiger charge is 2.10. The first-order valence-corrected chi connectivity index (χ1v) is 5.24. The summed E-state index contributed by atoms with van der Waals surface area (Å²) in [6, 6.07) is 16.8. The summed E-state index contributed by atoms with van der Waals surface area (Å²) in [6.07, 6.45) is 0.866. The first-order valence-electron chi connectivity index (χ1n) is 5.24. The maximum absolute atomic E-state index is 9.09. The molecule has 0 spiro atoms. The molecule has 1 nitrogen and oxygen atoms in total. The number of hydrogen-bond donors (Lipinski definition) is 0. The monoisotopic (exact) mass is 195 g/mol. The Labute approximate surface area is 90.0 Å². The Bertz CT molecular complexity index is 503. The van der Waals surface area contributed by atoms with E-state index in [0.29, 0.717) is 0 Å². The zero-order valence-corrected chi connectivity index (χ0v) is 8.77. The minimum Gasteiger partial charge on any atom is -0.198 e. The third-order valence-corrected chi connectivity index (χ3v) is 2.76. The van der Waals surface area contributed by atoms with E-state index in [1.54, 1.807) is 0 Å². The van der Waals surface area contributed by atoms with Gasteiger partial charge in [-0.2, -0.15) is 5.26 Å². The average Bonchev–Trinajstić information content (AvgIpc) is 2.31. The van der Waals surface area contributed by atoms with Gasteiger partial charge in [0.1, 0.15) is 0 Å². The van der Waals surface area contributed by atoms with Crippen molar-refractivity contribution >= 4 is 10.8 Å².